The first-order valence-corrected chi connectivity index (χ1v) is 18.6. The zero-order valence-corrected chi connectivity index (χ0v) is 29.5. The van der Waals surface area contributed by atoms with Gasteiger partial charge in [0, 0.05) is 39.0 Å². The van der Waals surface area contributed by atoms with Crippen LogP contribution in [0, 0.1) is 0 Å². The molecule has 0 unspecified atom stereocenters. The van der Waals surface area contributed by atoms with Crippen molar-refractivity contribution in [2.24, 2.45) is 0 Å². The van der Waals surface area contributed by atoms with E-state index < -0.39 is 0 Å². The van der Waals surface area contributed by atoms with Crippen LogP contribution in [0.3, 0.4) is 0 Å². The minimum atomic E-state index is 0.875. The molecule has 0 radical (unpaired) electrons. The number of anilines is 3. The maximum atomic E-state index is 6.47. The molecule has 10 aromatic rings. The lowest BCUT2D eigenvalue weighted by atomic mass is 10.0. The monoisotopic (exact) mass is 696 g/mol. The summed E-state index contributed by atoms with van der Waals surface area (Å²) in [5, 5.41) is 3.24. The van der Waals surface area contributed by atoms with Gasteiger partial charge in [0.1, 0.15) is 16.2 Å². The van der Waals surface area contributed by atoms with Gasteiger partial charge in [0.2, 0.25) is 0 Å². The second-order valence-corrected chi connectivity index (χ2v) is 14.2. The standard InChI is InChI=1S/C49H32N2OS/c1-4-12-33(13-5-1)35-20-26-39(27-21-35)51(40-28-22-36(23-29-40)34-14-6-2-7-15-34)41-30-24-37(25-31-41)43-32-45-46(42-18-10-11-19-44(42)52-45)48-47(43)50-49(53-48)38-16-8-3-9-17-38/h1-32H. The van der Waals surface area contributed by atoms with Gasteiger partial charge < -0.3 is 9.32 Å². The molecule has 0 atom stereocenters. The summed E-state index contributed by atoms with van der Waals surface area (Å²) < 4.78 is 7.61. The molecule has 0 aliphatic rings. The van der Waals surface area contributed by atoms with Crippen molar-refractivity contribution in [3.05, 3.63) is 194 Å². The van der Waals surface area contributed by atoms with Crippen molar-refractivity contribution in [2.75, 3.05) is 4.90 Å². The average Bonchev–Trinajstić information content (AvgIpc) is 3.85. The number of hydrogen-bond donors (Lipinski definition) is 0. The lowest BCUT2D eigenvalue weighted by Crippen LogP contribution is -2.09. The lowest BCUT2D eigenvalue weighted by molar-refractivity contribution is 0.669. The first kappa shape index (κ1) is 31.0. The summed E-state index contributed by atoms with van der Waals surface area (Å²) in [4.78, 5) is 7.60. The van der Waals surface area contributed by atoms with Crippen LogP contribution in [0.1, 0.15) is 0 Å². The maximum Gasteiger partial charge on any atom is 0.137 e. The highest BCUT2D eigenvalue weighted by Crippen LogP contribution is 2.45. The molecule has 3 nitrogen and oxygen atoms in total. The summed E-state index contributed by atoms with van der Waals surface area (Å²) in [5.74, 6) is 0. The number of aromatic nitrogens is 1. The SMILES string of the molecule is c1ccc(-c2ccc(N(c3ccc(-c4ccccc4)cc3)c3ccc(-c4cc5oc6ccccc6c5c5sc(-c6ccccc6)nc45)cc3)cc2)cc1. The molecule has 10 rings (SSSR count). The van der Waals surface area contributed by atoms with Crippen LogP contribution in [0.4, 0.5) is 17.1 Å². The summed E-state index contributed by atoms with van der Waals surface area (Å²) >= 11 is 1.73. The van der Waals surface area contributed by atoms with Crippen molar-refractivity contribution in [3.8, 4) is 44.0 Å². The largest absolute Gasteiger partial charge is 0.456 e. The Balaban J connectivity index is 1.09. The number of para-hydroxylation sites is 1. The smallest absolute Gasteiger partial charge is 0.137 e. The number of nitrogens with zero attached hydrogens (tertiary/aromatic N) is 2. The van der Waals surface area contributed by atoms with Crippen LogP contribution >= 0.6 is 11.3 Å². The van der Waals surface area contributed by atoms with Gasteiger partial charge in [-0.25, -0.2) is 4.98 Å². The van der Waals surface area contributed by atoms with E-state index in [0.717, 1.165) is 70.9 Å². The summed E-state index contributed by atoms with van der Waals surface area (Å²) in [7, 11) is 0. The van der Waals surface area contributed by atoms with Crippen LogP contribution < -0.4 is 4.90 Å². The van der Waals surface area contributed by atoms with Crippen LogP contribution in [-0.2, 0) is 0 Å². The third kappa shape index (κ3) is 5.66. The fourth-order valence-corrected chi connectivity index (χ4v) is 8.45. The fraction of sp³-hybridized carbons (Fsp3) is 0. The molecule has 53 heavy (non-hydrogen) atoms. The highest BCUT2D eigenvalue weighted by molar-refractivity contribution is 7.22. The highest BCUT2D eigenvalue weighted by atomic mass is 32.1. The van der Waals surface area contributed by atoms with E-state index >= 15 is 0 Å². The molecule has 0 amide bonds. The van der Waals surface area contributed by atoms with Crippen molar-refractivity contribution >= 4 is 60.6 Å². The van der Waals surface area contributed by atoms with Gasteiger partial charge in [0.15, 0.2) is 0 Å². The maximum absolute atomic E-state index is 6.47. The van der Waals surface area contributed by atoms with Crippen molar-refractivity contribution in [2.45, 2.75) is 0 Å². The van der Waals surface area contributed by atoms with Crippen LogP contribution in [-0.4, -0.2) is 4.98 Å². The molecular formula is C49H32N2OS. The van der Waals surface area contributed by atoms with Crippen LogP contribution in [0.25, 0.3) is 76.1 Å². The Labute approximate surface area is 311 Å². The van der Waals surface area contributed by atoms with Crippen molar-refractivity contribution in [1.29, 1.82) is 0 Å². The Morgan fingerprint density at radius 1 is 0.415 bits per heavy atom. The molecule has 8 aromatic carbocycles. The summed E-state index contributed by atoms with van der Waals surface area (Å²) in [5.41, 5.74) is 14.0. The fourth-order valence-electron chi connectivity index (χ4n) is 7.30. The Morgan fingerprint density at radius 3 is 1.42 bits per heavy atom. The lowest BCUT2D eigenvalue weighted by Gasteiger charge is -2.26. The number of fused-ring (bicyclic) bond motifs is 5. The van der Waals surface area contributed by atoms with Gasteiger partial charge >= 0.3 is 0 Å². The van der Waals surface area contributed by atoms with Crippen LogP contribution in [0.2, 0.25) is 0 Å². The Kier molecular flexibility index (Phi) is 7.67. The Hall–Kier alpha value is -6.75. The number of benzene rings is 8. The molecule has 0 aliphatic heterocycles. The zero-order valence-electron chi connectivity index (χ0n) is 28.7. The Morgan fingerprint density at radius 2 is 0.868 bits per heavy atom. The van der Waals surface area contributed by atoms with E-state index in [4.69, 9.17) is 9.40 Å². The molecule has 0 N–H and O–H groups in total. The van der Waals surface area contributed by atoms with E-state index in [0.29, 0.717) is 0 Å². The first-order valence-electron chi connectivity index (χ1n) is 17.8. The van der Waals surface area contributed by atoms with Gasteiger partial charge in [-0.1, -0.05) is 146 Å². The number of thiazole rings is 1. The summed E-state index contributed by atoms with van der Waals surface area (Å²) in [6.07, 6.45) is 0. The number of furan rings is 1. The molecule has 250 valence electrons. The van der Waals surface area contributed by atoms with Gasteiger partial charge in [-0.3, -0.25) is 0 Å². The molecular weight excluding hydrogens is 665 g/mol. The number of hydrogen-bond acceptors (Lipinski definition) is 4. The third-order valence-corrected chi connectivity index (χ3v) is 11.1. The minimum Gasteiger partial charge on any atom is -0.456 e. The topological polar surface area (TPSA) is 29.3 Å². The quantitative estimate of drug-likeness (QED) is 0.166. The minimum absolute atomic E-state index is 0.875. The molecule has 2 aromatic heterocycles. The molecule has 0 spiro atoms. The van der Waals surface area contributed by atoms with Gasteiger partial charge in [0.05, 0.1) is 10.2 Å². The van der Waals surface area contributed by atoms with E-state index in [9.17, 15) is 0 Å². The second kappa shape index (κ2) is 13.1. The van der Waals surface area contributed by atoms with Crippen molar-refractivity contribution in [1.82, 2.24) is 4.98 Å². The van der Waals surface area contributed by atoms with Gasteiger partial charge in [0.25, 0.3) is 0 Å². The first-order chi connectivity index (χ1) is 26.3. The molecule has 0 saturated carbocycles. The second-order valence-electron chi connectivity index (χ2n) is 13.2. The molecule has 0 bridgehead atoms. The van der Waals surface area contributed by atoms with E-state index in [1.54, 1.807) is 11.3 Å². The van der Waals surface area contributed by atoms with Crippen molar-refractivity contribution < 1.29 is 4.42 Å². The van der Waals surface area contributed by atoms with E-state index in [1.807, 2.05) is 18.2 Å². The Bertz CT molecular complexity index is 2760. The van der Waals surface area contributed by atoms with E-state index in [-0.39, 0.29) is 0 Å². The van der Waals surface area contributed by atoms with Crippen molar-refractivity contribution in [3.63, 3.8) is 0 Å². The van der Waals surface area contributed by atoms with E-state index in [1.165, 1.54) is 22.3 Å². The van der Waals surface area contributed by atoms with E-state index in [2.05, 4.69) is 181 Å². The predicted octanol–water partition coefficient (Wildman–Crippen LogP) is 14.3. The molecule has 2 heterocycles. The molecule has 0 fully saturated rings. The van der Waals surface area contributed by atoms with Crippen LogP contribution in [0.15, 0.2) is 199 Å². The van der Waals surface area contributed by atoms with Gasteiger partial charge in [-0.2, -0.15) is 0 Å². The summed E-state index contributed by atoms with van der Waals surface area (Å²) in [6, 6.07) is 68.5. The third-order valence-electron chi connectivity index (χ3n) is 9.93. The molecule has 0 aliphatic carbocycles. The molecule has 0 saturated heterocycles. The highest BCUT2D eigenvalue weighted by Gasteiger charge is 2.20. The van der Waals surface area contributed by atoms with Gasteiger partial charge in [-0.15, -0.1) is 11.3 Å². The summed E-state index contributed by atoms with van der Waals surface area (Å²) in [6.45, 7) is 0. The average molecular weight is 697 g/mol. The zero-order chi connectivity index (χ0) is 35.1. The van der Waals surface area contributed by atoms with Gasteiger partial charge in [-0.05, 0) is 76.3 Å². The molecule has 4 heteroatoms. The normalized spacial score (nSPS) is 11.4. The predicted molar refractivity (Wildman–Crippen MR) is 223 cm³/mol. The van der Waals surface area contributed by atoms with Crippen LogP contribution in [0.5, 0.6) is 0 Å². The number of rotatable bonds is 7.